The average Bonchev–Trinajstić information content (AvgIpc) is 3.61. The molecule has 1 atom stereocenters. The third-order valence-electron chi connectivity index (χ3n) is 10.9. The lowest BCUT2D eigenvalue weighted by Crippen LogP contribution is -2.23. The van der Waals surface area contributed by atoms with Gasteiger partial charge in [-0.1, -0.05) is 115 Å². The summed E-state index contributed by atoms with van der Waals surface area (Å²) in [5.41, 5.74) is 15.7. The molecular formula is C46H36O2. The number of hydrogen-bond donors (Lipinski definition) is 2. The highest BCUT2D eigenvalue weighted by Crippen LogP contribution is 2.55. The van der Waals surface area contributed by atoms with E-state index in [2.05, 4.69) is 140 Å². The van der Waals surface area contributed by atoms with Crippen LogP contribution in [0.5, 0.6) is 0 Å². The van der Waals surface area contributed by atoms with E-state index in [4.69, 9.17) is 0 Å². The molecule has 9 rings (SSSR count). The number of aliphatic hydroxyl groups is 2. The van der Waals surface area contributed by atoms with E-state index in [0.29, 0.717) is 12.8 Å². The Hall–Kier alpha value is -5.28. The molecule has 7 aromatic carbocycles. The van der Waals surface area contributed by atoms with Crippen molar-refractivity contribution in [2.24, 2.45) is 0 Å². The Balaban J connectivity index is 1.17. The number of hydrogen-bond acceptors (Lipinski definition) is 2. The largest absolute Gasteiger partial charge is 0.396 e. The summed E-state index contributed by atoms with van der Waals surface area (Å²) in [5.74, 6) is 0. The van der Waals surface area contributed by atoms with Crippen molar-refractivity contribution in [2.45, 2.75) is 24.7 Å². The van der Waals surface area contributed by atoms with Gasteiger partial charge in [-0.3, -0.25) is 0 Å². The van der Waals surface area contributed by atoms with Gasteiger partial charge in [0.2, 0.25) is 0 Å². The van der Waals surface area contributed by atoms with E-state index in [0.717, 1.165) is 12.0 Å². The molecule has 0 heterocycles. The van der Waals surface area contributed by atoms with Crippen LogP contribution >= 0.6 is 0 Å². The normalized spacial score (nSPS) is 15.5. The SMILES string of the molecule is C=CC1(CCCO)c2cc(-c3ccc4cc(CCO)ccc4c3)ccc2-c2ccc(-c3ccc4c5c(cccc35)-c3ccccc3-4)cc21. The Labute approximate surface area is 281 Å². The van der Waals surface area contributed by atoms with Crippen molar-refractivity contribution in [1.82, 2.24) is 0 Å². The van der Waals surface area contributed by atoms with Crippen LogP contribution in [0.1, 0.15) is 29.5 Å². The minimum absolute atomic E-state index is 0.137. The molecule has 2 aliphatic rings. The monoisotopic (exact) mass is 620 g/mol. The van der Waals surface area contributed by atoms with Gasteiger partial charge in [0, 0.05) is 18.6 Å². The molecule has 0 amide bonds. The molecule has 232 valence electrons. The van der Waals surface area contributed by atoms with Gasteiger partial charge in [-0.25, -0.2) is 0 Å². The molecule has 0 saturated heterocycles. The lowest BCUT2D eigenvalue weighted by molar-refractivity contribution is 0.276. The molecular weight excluding hydrogens is 585 g/mol. The first kappa shape index (κ1) is 28.9. The number of rotatable bonds is 8. The van der Waals surface area contributed by atoms with Gasteiger partial charge in [-0.15, -0.1) is 6.58 Å². The van der Waals surface area contributed by atoms with Crippen molar-refractivity contribution in [3.8, 4) is 55.6 Å². The first-order valence-electron chi connectivity index (χ1n) is 17.0. The molecule has 2 aliphatic carbocycles. The molecule has 2 nitrogen and oxygen atoms in total. The van der Waals surface area contributed by atoms with Crippen LogP contribution < -0.4 is 0 Å². The first-order valence-corrected chi connectivity index (χ1v) is 17.0. The van der Waals surface area contributed by atoms with E-state index < -0.39 is 5.41 Å². The standard InChI is InChI=1S/C46H36O2/c1-2-46(22-6-23-47)43-27-33(32-14-13-30-25-29(21-24-48)11-12-31(30)26-32)15-17-38(43)39-18-16-34(28-44(39)46)35-19-20-42-37-8-4-3-7-36(37)41-10-5-9-40(35)45(41)42/h2-5,7-20,25-28,47-48H,1,6,21-24H2. The Morgan fingerprint density at radius 3 is 1.88 bits per heavy atom. The summed E-state index contributed by atoms with van der Waals surface area (Å²) >= 11 is 0. The summed E-state index contributed by atoms with van der Waals surface area (Å²) in [4.78, 5) is 0. The van der Waals surface area contributed by atoms with Gasteiger partial charge in [0.25, 0.3) is 0 Å². The van der Waals surface area contributed by atoms with Crippen molar-refractivity contribution < 1.29 is 10.2 Å². The summed E-state index contributed by atoms with van der Waals surface area (Å²) < 4.78 is 0. The third-order valence-corrected chi connectivity index (χ3v) is 10.9. The van der Waals surface area contributed by atoms with Gasteiger partial charge in [0.05, 0.1) is 0 Å². The van der Waals surface area contributed by atoms with Gasteiger partial charge in [-0.2, -0.15) is 0 Å². The Morgan fingerprint density at radius 2 is 1.12 bits per heavy atom. The van der Waals surface area contributed by atoms with Crippen molar-refractivity contribution in [1.29, 1.82) is 0 Å². The summed E-state index contributed by atoms with van der Waals surface area (Å²) in [6, 6.07) is 46.9. The Morgan fingerprint density at radius 1 is 0.521 bits per heavy atom. The van der Waals surface area contributed by atoms with Gasteiger partial charge in [-0.05, 0) is 131 Å². The smallest absolute Gasteiger partial charge is 0.0471 e. The highest BCUT2D eigenvalue weighted by atomic mass is 16.3. The maximum atomic E-state index is 10.1. The topological polar surface area (TPSA) is 40.5 Å². The van der Waals surface area contributed by atoms with Gasteiger partial charge in [0.15, 0.2) is 0 Å². The van der Waals surface area contributed by atoms with Crippen LogP contribution in [0, 0.1) is 0 Å². The summed E-state index contributed by atoms with van der Waals surface area (Å²) in [7, 11) is 0. The molecule has 0 aromatic heterocycles. The number of allylic oxidation sites excluding steroid dienone is 1. The van der Waals surface area contributed by atoms with Gasteiger partial charge in [0.1, 0.15) is 0 Å². The summed E-state index contributed by atoms with van der Waals surface area (Å²) in [6.45, 7) is 4.73. The van der Waals surface area contributed by atoms with Crippen molar-refractivity contribution in [3.63, 3.8) is 0 Å². The predicted octanol–water partition coefficient (Wildman–Crippen LogP) is 10.7. The minimum Gasteiger partial charge on any atom is -0.396 e. The molecule has 0 radical (unpaired) electrons. The van der Waals surface area contributed by atoms with E-state index in [1.807, 2.05) is 0 Å². The molecule has 0 bridgehead atoms. The lowest BCUT2D eigenvalue weighted by Gasteiger charge is -2.29. The maximum absolute atomic E-state index is 10.1. The van der Waals surface area contributed by atoms with Crippen LogP contribution in [0.4, 0.5) is 0 Å². The molecule has 0 aliphatic heterocycles. The minimum atomic E-state index is -0.416. The van der Waals surface area contributed by atoms with Crippen molar-refractivity contribution in [3.05, 3.63) is 157 Å². The fourth-order valence-corrected chi connectivity index (χ4v) is 8.56. The number of fused-ring (bicyclic) bond motifs is 7. The molecule has 0 saturated carbocycles. The molecule has 0 fully saturated rings. The van der Waals surface area contributed by atoms with Gasteiger partial charge < -0.3 is 10.2 Å². The Kier molecular flexibility index (Phi) is 6.72. The van der Waals surface area contributed by atoms with Crippen LogP contribution in [0.25, 0.3) is 77.2 Å². The van der Waals surface area contributed by atoms with Crippen molar-refractivity contribution in [2.75, 3.05) is 13.2 Å². The fourth-order valence-electron chi connectivity index (χ4n) is 8.56. The molecule has 2 N–H and O–H groups in total. The average molecular weight is 621 g/mol. The van der Waals surface area contributed by atoms with E-state index in [9.17, 15) is 10.2 Å². The van der Waals surface area contributed by atoms with E-state index in [-0.39, 0.29) is 13.2 Å². The maximum Gasteiger partial charge on any atom is 0.0471 e. The van der Waals surface area contributed by atoms with Crippen molar-refractivity contribution >= 4 is 21.5 Å². The second kappa shape index (κ2) is 11.2. The van der Waals surface area contributed by atoms with Crippen LogP contribution in [-0.2, 0) is 11.8 Å². The third kappa shape index (κ3) is 4.20. The predicted molar refractivity (Wildman–Crippen MR) is 200 cm³/mol. The zero-order chi connectivity index (χ0) is 32.4. The van der Waals surface area contributed by atoms with Crippen LogP contribution in [0.15, 0.2) is 140 Å². The second-order valence-electron chi connectivity index (χ2n) is 13.3. The van der Waals surface area contributed by atoms with E-state index >= 15 is 0 Å². The lowest BCUT2D eigenvalue weighted by atomic mass is 9.73. The van der Waals surface area contributed by atoms with E-state index in [1.54, 1.807) is 0 Å². The van der Waals surface area contributed by atoms with Crippen LogP contribution in [0.2, 0.25) is 0 Å². The number of benzene rings is 7. The highest BCUT2D eigenvalue weighted by molar-refractivity contribution is 6.18. The summed E-state index contributed by atoms with van der Waals surface area (Å²) in [5, 5.41) is 24.4. The molecule has 48 heavy (non-hydrogen) atoms. The zero-order valence-electron chi connectivity index (χ0n) is 26.8. The van der Waals surface area contributed by atoms with Gasteiger partial charge >= 0.3 is 0 Å². The summed E-state index contributed by atoms with van der Waals surface area (Å²) in [6.07, 6.45) is 4.25. The van der Waals surface area contributed by atoms with E-state index in [1.165, 1.54) is 88.3 Å². The Bertz CT molecular complexity index is 2400. The fraction of sp³-hybridized carbons (Fsp3) is 0.130. The quantitative estimate of drug-likeness (QED) is 0.166. The highest BCUT2D eigenvalue weighted by Gasteiger charge is 2.41. The molecule has 2 heteroatoms. The number of aliphatic hydroxyl groups excluding tert-OH is 2. The molecule has 1 unspecified atom stereocenters. The van der Waals surface area contributed by atoms with Crippen LogP contribution in [-0.4, -0.2) is 23.4 Å². The zero-order valence-corrected chi connectivity index (χ0v) is 26.8. The van der Waals surface area contributed by atoms with Crippen LogP contribution in [0.3, 0.4) is 0 Å². The first-order chi connectivity index (χ1) is 23.6. The second-order valence-corrected chi connectivity index (χ2v) is 13.3. The molecule has 0 spiro atoms. The molecule has 7 aromatic rings.